The van der Waals surface area contributed by atoms with Gasteiger partial charge in [-0.1, -0.05) is 12.1 Å². The Kier molecular flexibility index (Phi) is 5.58. The van der Waals surface area contributed by atoms with E-state index < -0.39 is 12.1 Å². The van der Waals surface area contributed by atoms with E-state index in [1.54, 1.807) is 31.2 Å². The molecule has 2 aromatic carbocycles. The Hall–Kier alpha value is -2.82. The highest BCUT2D eigenvalue weighted by Crippen LogP contribution is 2.18. The Morgan fingerprint density at radius 2 is 1.79 bits per heavy atom. The van der Waals surface area contributed by atoms with E-state index >= 15 is 0 Å². The molecule has 126 valence electrons. The fourth-order valence-corrected chi connectivity index (χ4v) is 2.13. The van der Waals surface area contributed by atoms with Crippen LogP contribution < -0.4 is 10.1 Å². The third-order valence-corrected chi connectivity index (χ3v) is 3.71. The Balaban J connectivity index is 2.03. The highest BCUT2D eigenvalue weighted by Gasteiger charge is 2.16. The molecule has 0 fully saturated rings. The van der Waals surface area contributed by atoms with Crippen molar-refractivity contribution in [2.75, 3.05) is 12.4 Å². The average Bonchev–Trinajstić information content (AvgIpc) is 2.57. The minimum Gasteiger partial charge on any atom is -0.481 e. The largest absolute Gasteiger partial charge is 0.481 e. The number of methoxy groups -OCH3 is 1. The number of carbonyl (C=O) groups excluding carboxylic acids is 2. The van der Waals surface area contributed by atoms with Crippen LogP contribution in [0.15, 0.2) is 42.5 Å². The molecule has 24 heavy (non-hydrogen) atoms. The van der Waals surface area contributed by atoms with E-state index in [9.17, 15) is 9.59 Å². The molecule has 0 heterocycles. The molecule has 0 aliphatic rings. The van der Waals surface area contributed by atoms with Crippen molar-refractivity contribution in [1.29, 1.82) is 0 Å². The van der Waals surface area contributed by atoms with Crippen molar-refractivity contribution in [3.63, 3.8) is 0 Å². The smallest absolute Gasteiger partial charge is 0.337 e. The fourth-order valence-electron chi connectivity index (χ4n) is 2.13. The number of rotatable bonds is 5. The normalized spacial score (nSPS) is 11.5. The molecule has 0 saturated carbocycles. The maximum absolute atomic E-state index is 12.3. The number of hydrogen-bond donors (Lipinski definition) is 1. The van der Waals surface area contributed by atoms with Crippen LogP contribution >= 0.6 is 0 Å². The lowest BCUT2D eigenvalue weighted by atomic mass is 10.1. The van der Waals surface area contributed by atoms with E-state index in [1.165, 1.54) is 12.7 Å². The van der Waals surface area contributed by atoms with Gasteiger partial charge in [0.15, 0.2) is 6.10 Å². The number of carbonyl (C=O) groups is 2. The number of nitrogens with one attached hydrogen (secondary N) is 1. The Morgan fingerprint density at radius 3 is 2.46 bits per heavy atom. The molecule has 2 rings (SSSR count). The highest BCUT2D eigenvalue weighted by atomic mass is 16.5. The molecule has 0 saturated heterocycles. The zero-order valence-corrected chi connectivity index (χ0v) is 14.3. The van der Waals surface area contributed by atoms with Crippen LogP contribution in [0.3, 0.4) is 0 Å². The number of aryl methyl sites for hydroxylation is 2. The van der Waals surface area contributed by atoms with Gasteiger partial charge >= 0.3 is 5.97 Å². The summed E-state index contributed by atoms with van der Waals surface area (Å²) in [4.78, 5) is 23.8. The molecule has 0 bridgehead atoms. The zero-order valence-electron chi connectivity index (χ0n) is 14.3. The second kappa shape index (κ2) is 7.64. The van der Waals surface area contributed by atoms with Crippen LogP contribution in [0.2, 0.25) is 0 Å². The van der Waals surface area contributed by atoms with Crippen LogP contribution in [-0.4, -0.2) is 25.1 Å². The Morgan fingerprint density at radius 1 is 1.04 bits per heavy atom. The van der Waals surface area contributed by atoms with Crippen molar-refractivity contribution in [2.45, 2.75) is 26.9 Å². The molecule has 5 nitrogen and oxygen atoms in total. The number of ether oxygens (including phenoxy) is 2. The Labute approximate surface area is 141 Å². The van der Waals surface area contributed by atoms with Crippen molar-refractivity contribution in [3.05, 3.63) is 59.2 Å². The van der Waals surface area contributed by atoms with Crippen molar-refractivity contribution >= 4 is 17.6 Å². The predicted molar refractivity (Wildman–Crippen MR) is 92.4 cm³/mol. The van der Waals surface area contributed by atoms with Crippen LogP contribution in [0.25, 0.3) is 0 Å². The first kappa shape index (κ1) is 17.5. The minimum absolute atomic E-state index is 0.296. The second-order valence-electron chi connectivity index (χ2n) is 5.57. The van der Waals surface area contributed by atoms with Gasteiger partial charge in [-0.05, 0) is 62.2 Å². The first-order valence-corrected chi connectivity index (χ1v) is 7.64. The second-order valence-corrected chi connectivity index (χ2v) is 5.57. The molecule has 0 unspecified atom stereocenters. The van der Waals surface area contributed by atoms with E-state index in [0.29, 0.717) is 17.0 Å². The lowest BCUT2D eigenvalue weighted by Crippen LogP contribution is -2.30. The van der Waals surface area contributed by atoms with Gasteiger partial charge in [-0.3, -0.25) is 4.79 Å². The predicted octanol–water partition coefficient (Wildman–Crippen LogP) is 3.50. The lowest BCUT2D eigenvalue weighted by molar-refractivity contribution is -0.122. The van der Waals surface area contributed by atoms with Gasteiger partial charge in [0, 0.05) is 5.69 Å². The summed E-state index contributed by atoms with van der Waals surface area (Å²) in [6.45, 7) is 5.68. The van der Waals surface area contributed by atoms with Gasteiger partial charge in [0.2, 0.25) is 0 Å². The zero-order chi connectivity index (χ0) is 17.7. The third kappa shape index (κ3) is 4.35. The number of benzene rings is 2. The van der Waals surface area contributed by atoms with Gasteiger partial charge in [0.05, 0.1) is 12.7 Å². The quantitative estimate of drug-likeness (QED) is 0.854. The summed E-state index contributed by atoms with van der Waals surface area (Å²) >= 11 is 0. The van der Waals surface area contributed by atoms with E-state index in [0.717, 1.165) is 5.56 Å². The van der Waals surface area contributed by atoms with E-state index in [2.05, 4.69) is 10.1 Å². The summed E-state index contributed by atoms with van der Waals surface area (Å²) in [6.07, 6.45) is -0.672. The summed E-state index contributed by atoms with van der Waals surface area (Å²) < 4.78 is 10.3. The van der Waals surface area contributed by atoms with E-state index in [-0.39, 0.29) is 5.91 Å². The van der Waals surface area contributed by atoms with Gasteiger partial charge in [-0.25, -0.2) is 4.79 Å². The van der Waals surface area contributed by atoms with Gasteiger partial charge in [-0.2, -0.15) is 0 Å². The number of hydrogen-bond acceptors (Lipinski definition) is 4. The minimum atomic E-state index is -0.672. The van der Waals surface area contributed by atoms with Gasteiger partial charge in [0.25, 0.3) is 5.91 Å². The van der Waals surface area contributed by atoms with Gasteiger partial charge in [-0.15, -0.1) is 0 Å². The maximum Gasteiger partial charge on any atom is 0.337 e. The van der Waals surface area contributed by atoms with Crippen molar-refractivity contribution in [3.8, 4) is 5.75 Å². The van der Waals surface area contributed by atoms with Crippen LogP contribution in [0.1, 0.15) is 28.4 Å². The average molecular weight is 327 g/mol. The monoisotopic (exact) mass is 327 g/mol. The number of esters is 1. The first-order valence-electron chi connectivity index (χ1n) is 7.64. The molecule has 0 aliphatic carbocycles. The molecule has 0 aromatic heterocycles. The van der Waals surface area contributed by atoms with Crippen LogP contribution in [-0.2, 0) is 9.53 Å². The lowest BCUT2D eigenvalue weighted by Gasteiger charge is -2.16. The summed E-state index contributed by atoms with van der Waals surface area (Å²) in [5.41, 5.74) is 3.15. The summed E-state index contributed by atoms with van der Waals surface area (Å²) in [5, 5.41) is 2.74. The van der Waals surface area contributed by atoms with E-state index in [1.807, 2.05) is 32.0 Å². The number of anilines is 1. The molecular weight excluding hydrogens is 306 g/mol. The molecule has 1 atom stereocenters. The third-order valence-electron chi connectivity index (χ3n) is 3.71. The summed E-state index contributed by atoms with van der Waals surface area (Å²) in [7, 11) is 1.31. The van der Waals surface area contributed by atoms with Gasteiger partial charge in [0.1, 0.15) is 5.75 Å². The molecule has 0 radical (unpaired) electrons. The fraction of sp³-hybridized carbons (Fsp3) is 0.263. The van der Waals surface area contributed by atoms with Crippen molar-refractivity contribution in [1.82, 2.24) is 0 Å². The molecule has 1 amide bonds. The van der Waals surface area contributed by atoms with E-state index in [4.69, 9.17) is 4.74 Å². The van der Waals surface area contributed by atoms with Crippen molar-refractivity contribution < 1.29 is 19.1 Å². The number of amides is 1. The highest BCUT2D eigenvalue weighted by molar-refractivity contribution is 5.96. The summed E-state index contributed by atoms with van der Waals surface area (Å²) in [6, 6.07) is 12.3. The first-order chi connectivity index (χ1) is 11.4. The molecule has 2 aromatic rings. The molecular formula is C19H21NO4. The molecule has 0 aliphatic heterocycles. The van der Waals surface area contributed by atoms with Crippen molar-refractivity contribution in [2.24, 2.45) is 0 Å². The van der Waals surface area contributed by atoms with Crippen LogP contribution in [0.5, 0.6) is 5.75 Å². The Bertz CT molecular complexity index is 755. The van der Waals surface area contributed by atoms with Crippen LogP contribution in [0.4, 0.5) is 5.69 Å². The molecule has 0 spiro atoms. The summed E-state index contributed by atoms with van der Waals surface area (Å²) in [5.74, 6) is -0.107. The maximum atomic E-state index is 12.3. The SMILES string of the molecule is COC(=O)c1cccc(NC(=O)[C@H](C)Oc2ccc(C)c(C)c2)c1. The molecule has 1 N–H and O–H groups in total. The van der Waals surface area contributed by atoms with Gasteiger partial charge < -0.3 is 14.8 Å². The van der Waals surface area contributed by atoms with Crippen LogP contribution in [0, 0.1) is 13.8 Å². The topological polar surface area (TPSA) is 64.6 Å². The standard InChI is InChI=1S/C19H21NO4/c1-12-8-9-17(10-13(12)2)24-14(3)18(21)20-16-7-5-6-15(11-16)19(22)23-4/h5-11,14H,1-4H3,(H,20,21)/t14-/m0/s1. The molecule has 5 heteroatoms.